The van der Waals surface area contributed by atoms with Crippen LogP contribution in [0.15, 0.2) is 18.2 Å². The van der Waals surface area contributed by atoms with Gasteiger partial charge in [-0.1, -0.05) is 23.2 Å². The number of piperidine rings is 1. The Kier molecular flexibility index (Phi) is 3.95. The lowest BCUT2D eigenvalue weighted by atomic mass is 10.1. The molecule has 4 heteroatoms. The highest BCUT2D eigenvalue weighted by Gasteiger charge is 2.18. The molecule has 0 bridgehead atoms. The molecule has 2 nitrogen and oxygen atoms in total. The van der Waals surface area contributed by atoms with Gasteiger partial charge in [0.05, 0.1) is 5.02 Å². The second-order valence-corrected chi connectivity index (χ2v) is 5.04. The number of hydrogen-bond acceptors (Lipinski definition) is 2. The van der Waals surface area contributed by atoms with Crippen LogP contribution >= 0.6 is 23.2 Å². The number of likely N-dealkylation sites (tertiary alicyclic amines) is 1. The lowest BCUT2D eigenvalue weighted by molar-refractivity contribution is 0.114. The van der Waals surface area contributed by atoms with E-state index in [1.165, 1.54) is 0 Å². The Bertz CT molecular complexity index is 362. The Labute approximate surface area is 106 Å². The van der Waals surface area contributed by atoms with Crippen LogP contribution in [-0.2, 0) is 0 Å². The molecule has 0 atom stereocenters. The second-order valence-electron chi connectivity index (χ2n) is 4.20. The van der Waals surface area contributed by atoms with Crippen LogP contribution in [0.3, 0.4) is 0 Å². The zero-order chi connectivity index (χ0) is 11.5. The highest BCUT2D eigenvalue weighted by atomic mass is 35.5. The first-order chi connectivity index (χ1) is 7.65. The number of ether oxygens (including phenoxy) is 1. The van der Waals surface area contributed by atoms with Gasteiger partial charge in [-0.25, -0.2) is 0 Å². The van der Waals surface area contributed by atoms with Crippen molar-refractivity contribution in [3.63, 3.8) is 0 Å². The average molecular weight is 260 g/mol. The van der Waals surface area contributed by atoms with Gasteiger partial charge in [0, 0.05) is 18.1 Å². The molecule has 0 amide bonds. The van der Waals surface area contributed by atoms with E-state index in [1.54, 1.807) is 12.1 Å². The lowest BCUT2D eigenvalue weighted by Gasteiger charge is -2.29. The zero-order valence-corrected chi connectivity index (χ0v) is 10.8. The molecule has 1 heterocycles. The maximum Gasteiger partial charge on any atom is 0.138 e. The summed E-state index contributed by atoms with van der Waals surface area (Å²) in [6.45, 7) is 2.16. The Balaban J connectivity index is 1.98. The molecule has 1 aliphatic rings. The van der Waals surface area contributed by atoms with Gasteiger partial charge in [0.25, 0.3) is 0 Å². The number of rotatable bonds is 2. The van der Waals surface area contributed by atoms with E-state index >= 15 is 0 Å². The van der Waals surface area contributed by atoms with Gasteiger partial charge in [0.2, 0.25) is 0 Å². The minimum atomic E-state index is 0.273. The fourth-order valence-corrected chi connectivity index (χ4v) is 2.31. The SMILES string of the molecule is CN1CCC(Oc2ccc(Cl)cc2Cl)CC1. The third-order valence-electron chi connectivity index (χ3n) is 2.85. The van der Waals surface area contributed by atoms with Gasteiger partial charge in [-0.3, -0.25) is 0 Å². The predicted molar refractivity (Wildman–Crippen MR) is 67.6 cm³/mol. The van der Waals surface area contributed by atoms with Crippen molar-refractivity contribution in [3.8, 4) is 5.75 Å². The third-order valence-corrected chi connectivity index (χ3v) is 3.38. The molecule has 0 N–H and O–H groups in total. The van der Waals surface area contributed by atoms with Crippen LogP contribution in [0.5, 0.6) is 5.75 Å². The molecule has 0 radical (unpaired) electrons. The van der Waals surface area contributed by atoms with Gasteiger partial charge in [0.1, 0.15) is 11.9 Å². The minimum absolute atomic E-state index is 0.273. The van der Waals surface area contributed by atoms with Crippen molar-refractivity contribution in [1.82, 2.24) is 4.90 Å². The minimum Gasteiger partial charge on any atom is -0.489 e. The first-order valence-corrected chi connectivity index (χ1v) is 6.21. The summed E-state index contributed by atoms with van der Waals surface area (Å²) in [6, 6.07) is 5.36. The van der Waals surface area contributed by atoms with Crippen LogP contribution < -0.4 is 4.74 Å². The lowest BCUT2D eigenvalue weighted by Crippen LogP contribution is -2.35. The van der Waals surface area contributed by atoms with Crippen LogP contribution in [0.2, 0.25) is 10.0 Å². The largest absolute Gasteiger partial charge is 0.489 e. The van der Waals surface area contributed by atoms with Crippen molar-refractivity contribution in [2.45, 2.75) is 18.9 Å². The molecule has 0 spiro atoms. The van der Waals surface area contributed by atoms with Gasteiger partial charge in [-0.15, -0.1) is 0 Å². The van der Waals surface area contributed by atoms with Crippen molar-refractivity contribution in [1.29, 1.82) is 0 Å². The monoisotopic (exact) mass is 259 g/mol. The number of benzene rings is 1. The fourth-order valence-electron chi connectivity index (χ4n) is 1.85. The molecule has 1 saturated heterocycles. The molecule has 16 heavy (non-hydrogen) atoms. The van der Waals surface area contributed by atoms with Crippen molar-refractivity contribution in [3.05, 3.63) is 28.2 Å². The summed E-state index contributed by atoms with van der Waals surface area (Å²) in [4.78, 5) is 2.31. The summed E-state index contributed by atoms with van der Waals surface area (Å²) < 4.78 is 5.87. The molecular weight excluding hydrogens is 245 g/mol. The Morgan fingerprint density at radius 2 is 1.94 bits per heavy atom. The van der Waals surface area contributed by atoms with E-state index in [-0.39, 0.29) is 6.10 Å². The normalized spacial score (nSPS) is 18.7. The van der Waals surface area contributed by atoms with Gasteiger partial charge in [-0.05, 0) is 38.1 Å². The predicted octanol–water partition coefficient (Wildman–Crippen LogP) is 3.47. The zero-order valence-electron chi connectivity index (χ0n) is 9.25. The van der Waals surface area contributed by atoms with E-state index < -0.39 is 0 Å². The summed E-state index contributed by atoms with van der Waals surface area (Å²) in [7, 11) is 2.13. The van der Waals surface area contributed by atoms with Crippen molar-refractivity contribution >= 4 is 23.2 Å². The molecule has 1 fully saturated rings. The molecule has 1 aromatic rings. The molecule has 0 aromatic heterocycles. The van der Waals surface area contributed by atoms with Crippen LogP contribution in [0, 0.1) is 0 Å². The molecule has 1 aromatic carbocycles. The number of halogens is 2. The van der Waals surface area contributed by atoms with E-state index in [9.17, 15) is 0 Å². The third kappa shape index (κ3) is 3.03. The Morgan fingerprint density at radius 1 is 1.25 bits per heavy atom. The molecular formula is C12H15Cl2NO. The molecule has 88 valence electrons. The van der Waals surface area contributed by atoms with E-state index in [2.05, 4.69) is 11.9 Å². The van der Waals surface area contributed by atoms with Crippen LogP contribution in [0.1, 0.15) is 12.8 Å². The second kappa shape index (κ2) is 5.26. The molecule has 2 rings (SSSR count). The highest BCUT2D eigenvalue weighted by molar-refractivity contribution is 6.35. The van der Waals surface area contributed by atoms with Crippen LogP contribution in [0.4, 0.5) is 0 Å². The topological polar surface area (TPSA) is 12.5 Å². The molecule has 0 aliphatic carbocycles. The number of hydrogen-bond donors (Lipinski definition) is 0. The van der Waals surface area contributed by atoms with Crippen molar-refractivity contribution in [2.75, 3.05) is 20.1 Å². The average Bonchev–Trinajstić information content (AvgIpc) is 2.25. The summed E-state index contributed by atoms with van der Waals surface area (Å²) in [6.07, 6.45) is 2.38. The maximum atomic E-state index is 6.06. The number of nitrogens with zero attached hydrogens (tertiary/aromatic N) is 1. The Morgan fingerprint density at radius 3 is 2.56 bits per heavy atom. The molecule has 1 aliphatic heterocycles. The maximum absolute atomic E-state index is 6.06. The smallest absolute Gasteiger partial charge is 0.138 e. The van der Waals surface area contributed by atoms with E-state index in [0.717, 1.165) is 31.7 Å². The Hall–Kier alpha value is -0.440. The van der Waals surface area contributed by atoms with Crippen LogP contribution in [0.25, 0.3) is 0 Å². The first kappa shape index (κ1) is 12.0. The highest BCUT2D eigenvalue weighted by Crippen LogP contribution is 2.29. The van der Waals surface area contributed by atoms with Gasteiger partial charge < -0.3 is 9.64 Å². The van der Waals surface area contributed by atoms with E-state index in [4.69, 9.17) is 27.9 Å². The van der Waals surface area contributed by atoms with Crippen LogP contribution in [-0.4, -0.2) is 31.1 Å². The van der Waals surface area contributed by atoms with Gasteiger partial charge >= 0.3 is 0 Å². The first-order valence-electron chi connectivity index (χ1n) is 5.45. The summed E-state index contributed by atoms with van der Waals surface area (Å²) in [5.41, 5.74) is 0. The molecule has 0 unspecified atom stereocenters. The fraction of sp³-hybridized carbons (Fsp3) is 0.500. The molecule has 0 saturated carbocycles. The summed E-state index contributed by atoms with van der Waals surface area (Å²) >= 11 is 11.9. The van der Waals surface area contributed by atoms with Crippen molar-refractivity contribution < 1.29 is 4.74 Å². The quantitative estimate of drug-likeness (QED) is 0.807. The summed E-state index contributed by atoms with van der Waals surface area (Å²) in [5, 5.41) is 1.23. The van der Waals surface area contributed by atoms with E-state index in [0.29, 0.717) is 10.0 Å². The van der Waals surface area contributed by atoms with E-state index in [1.807, 2.05) is 6.07 Å². The standard InChI is InChI=1S/C12H15Cl2NO/c1-15-6-4-10(5-7-15)16-12-3-2-9(13)8-11(12)14/h2-3,8,10H,4-7H2,1H3. The van der Waals surface area contributed by atoms with Gasteiger partial charge in [-0.2, -0.15) is 0 Å². The van der Waals surface area contributed by atoms with Crippen molar-refractivity contribution in [2.24, 2.45) is 0 Å². The summed E-state index contributed by atoms with van der Waals surface area (Å²) in [5.74, 6) is 0.737. The van der Waals surface area contributed by atoms with Gasteiger partial charge in [0.15, 0.2) is 0 Å².